The molecular weight excluding hydrogens is 314 g/mol. The molecule has 1 rings (SSSR count). The molecule has 1 aromatic rings. The number of rotatable bonds is 6. The molecule has 0 fully saturated rings. The summed E-state index contributed by atoms with van der Waals surface area (Å²) >= 11 is 3.39. The van der Waals surface area contributed by atoms with Gasteiger partial charge in [0.1, 0.15) is 5.75 Å². The number of nitrogens with zero attached hydrogens (tertiary/aromatic N) is 1. The van der Waals surface area contributed by atoms with Gasteiger partial charge in [-0.05, 0) is 18.2 Å². The molecule has 1 N–H and O–H groups in total. The molecule has 0 saturated carbocycles. The highest BCUT2D eigenvalue weighted by molar-refractivity contribution is 9.10. The predicted molar refractivity (Wildman–Crippen MR) is 76.6 cm³/mol. The number of benzene rings is 1. The molecule has 0 bridgehead atoms. The van der Waals surface area contributed by atoms with Crippen LogP contribution in [0, 0.1) is 0 Å². The van der Waals surface area contributed by atoms with Crippen molar-refractivity contribution in [1.29, 1.82) is 0 Å². The minimum atomic E-state index is -0.791. The molecule has 106 valence electrons. The van der Waals surface area contributed by atoms with Crippen molar-refractivity contribution in [2.75, 3.05) is 32.7 Å². The summed E-state index contributed by atoms with van der Waals surface area (Å²) in [6.45, 7) is 0.307. The van der Waals surface area contributed by atoms with Gasteiger partial charge in [-0.1, -0.05) is 15.9 Å². The van der Waals surface area contributed by atoms with Crippen molar-refractivity contribution in [3.63, 3.8) is 0 Å². The van der Waals surface area contributed by atoms with E-state index in [9.17, 15) is 9.90 Å². The van der Waals surface area contributed by atoms with Gasteiger partial charge in [0, 0.05) is 18.1 Å². The van der Waals surface area contributed by atoms with Crippen LogP contribution >= 0.6 is 15.9 Å². The van der Waals surface area contributed by atoms with Crippen molar-refractivity contribution in [3.05, 3.63) is 22.7 Å². The molecule has 19 heavy (non-hydrogen) atoms. The van der Waals surface area contributed by atoms with Crippen molar-refractivity contribution < 1.29 is 19.4 Å². The maximum absolute atomic E-state index is 11.1. The second kappa shape index (κ2) is 7.35. The van der Waals surface area contributed by atoms with Crippen molar-refractivity contribution in [3.8, 4) is 5.75 Å². The zero-order valence-electron chi connectivity index (χ0n) is 11.2. The van der Waals surface area contributed by atoms with E-state index >= 15 is 0 Å². The Bertz CT molecular complexity index is 439. The zero-order valence-corrected chi connectivity index (χ0v) is 12.8. The maximum Gasteiger partial charge on any atom is 0.308 e. The Balaban J connectivity index is 2.74. The summed E-state index contributed by atoms with van der Waals surface area (Å²) < 4.78 is 10.7. The molecule has 0 aromatic heterocycles. The topological polar surface area (TPSA) is 59.0 Å². The molecule has 0 heterocycles. The van der Waals surface area contributed by atoms with Crippen molar-refractivity contribution in [2.45, 2.75) is 12.5 Å². The summed E-state index contributed by atoms with van der Waals surface area (Å²) in [5, 5.41) is 9.82. The van der Waals surface area contributed by atoms with Gasteiger partial charge in [-0.15, -0.1) is 0 Å². The smallest absolute Gasteiger partial charge is 0.308 e. The Labute approximate surface area is 121 Å². The summed E-state index contributed by atoms with van der Waals surface area (Å²) in [4.78, 5) is 12.9. The van der Waals surface area contributed by atoms with Crippen LogP contribution in [0.5, 0.6) is 5.75 Å². The third-order valence-corrected chi connectivity index (χ3v) is 3.16. The maximum atomic E-state index is 11.1. The number of carbonyl (C=O) groups excluding carboxylic acids is 1. The van der Waals surface area contributed by atoms with Crippen LogP contribution in [0.1, 0.15) is 6.42 Å². The number of halogens is 1. The minimum Gasteiger partial charge on any atom is -0.495 e. The molecule has 0 aliphatic carbocycles. The molecule has 6 heteroatoms. The first-order valence-corrected chi connectivity index (χ1v) is 6.56. The highest BCUT2D eigenvalue weighted by atomic mass is 79.9. The normalized spacial score (nSPS) is 11.8. The monoisotopic (exact) mass is 331 g/mol. The minimum absolute atomic E-state index is 0.0306. The lowest BCUT2D eigenvalue weighted by Crippen LogP contribution is -2.31. The fourth-order valence-corrected chi connectivity index (χ4v) is 2.07. The average molecular weight is 332 g/mol. The highest BCUT2D eigenvalue weighted by Crippen LogP contribution is 2.30. The molecule has 1 atom stereocenters. The van der Waals surface area contributed by atoms with Gasteiger partial charge in [0.25, 0.3) is 0 Å². The number of ether oxygens (including phenoxy) is 2. The summed E-state index contributed by atoms with van der Waals surface area (Å²) in [5.74, 6) is 0.276. The third-order valence-electron chi connectivity index (χ3n) is 2.67. The lowest BCUT2D eigenvalue weighted by molar-refractivity contribution is -0.142. The number of aliphatic hydroxyl groups excluding tert-OH is 1. The molecule has 5 nitrogen and oxygen atoms in total. The molecule has 1 aromatic carbocycles. The molecule has 0 saturated heterocycles. The van der Waals surface area contributed by atoms with Crippen LogP contribution in [0.3, 0.4) is 0 Å². The van der Waals surface area contributed by atoms with Crippen molar-refractivity contribution in [2.24, 2.45) is 0 Å². The van der Waals surface area contributed by atoms with Crippen LogP contribution < -0.4 is 9.64 Å². The van der Waals surface area contributed by atoms with Gasteiger partial charge < -0.3 is 19.5 Å². The first kappa shape index (κ1) is 15.8. The number of hydrogen-bond acceptors (Lipinski definition) is 5. The zero-order chi connectivity index (χ0) is 14.4. The second-order valence-corrected chi connectivity index (χ2v) is 5.05. The molecule has 0 spiro atoms. The fraction of sp³-hybridized carbons (Fsp3) is 0.462. The Hall–Kier alpha value is -1.27. The van der Waals surface area contributed by atoms with Gasteiger partial charge in [0.2, 0.25) is 0 Å². The Morgan fingerprint density at radius 2 is 2.16 bits per heavy atom. The van der Waals surface area contributed by atoms with Crippen LogP contribution in [0.4, 0.5) is 5.69 Å². The van der Waals surface area contributed by atoms with Gasteiger partial charge in [-0.2, -0.15) is 0 Å². The number of hydrogen-bond donors (Lipinski definition) is 1. The van der Waals surface area contributed by atoms with E-state index in [2.05, 4.69) is 20.7 Å². The van der Waals surface area contributed by atoms with Crippen LogP contribution in [0.25, 0.3) is 0 Å². The quantitative estimate of drug-likeness (QED) is 0.806. The number of methoxy groups -OCH3 is 2. The summed E-state index contributed by atoms with van der Waals surface area (Å²) in [6.07, 6.45) is -0.821. The van der Waals surface area contributed by atoms with Crippen molar-refractivity contribution in [1.82, 2.24) is 0 Å². The van der Waals surface area contributed by atoms with Gasteiger partial charge in [0.15, 0.2) is 0 Å². The van der Waals surface area contributed by atoms with Crippen LogP contribution in [0.15, 0.2) is 22.7 Å². The summed E-state index contributed by atoms with van der Waals surface area (Å²) in [7, 11) is 4.71. The number of aliphatic hydroxyl groups is 1. The number of esters is 1. The lowest BCUT2D eigenvalue weighted by Gasteiger charge is -2.24. The fourth-order valence-electron chi connectivity index (χ4n) is 1.72. The average Bonchev–Trinajstić information content (AvgIpc) is 2.38. The van der Waals surface area contributed by atoms with E-state index in [0.29, 0.717) is 12.3 Å². The van der Waals surface area contributed by atoms with Gasteiger partial charge in [-0.25, -0.2) is 0 Å². The first-order valence-electron chi connectivity index (χ1n) is 5.77. The Morgan fingerprint density at radius 1 is 1.47 bits per heavy atom. The van der Waals surface area contributed by atoms with E-state index in [1.54, 1.807) is 7.11 Å². The van der Waals surface area contributed by atoms with E-state index in [4.69, 9.17) is 4.74 Å². The largest absolute Gasteiger partial charge is 0.495 e. The second-order valence-electron chi connectivity index (χ2n) is 4.13. The van der Waals surface area contributed by atoms with Crippen LogP contribution in [-0.2, 0) is 9.53 Å². The molecule has 0 aliphatic rings. The molecule has 0 radical (unpaired) electrons. The number of carbonyl (C=O) groups is 1. The Kier molecular flexibility index (Phi) is 6.11. The standard InChI is InChI=1S/C13H18BrNO4/c1-15(8-10(16)7-13(17)19-3)11-6-9(14)4-5-12(11)18-2/h4-6,10,16H,7-8H2,1-3H3. The van der Waals surface area contributed by atoms with E-state index in [-0.39, 0.29) is 6.42 Å². The first-order chi connectivity index (χ1) is 8.97. The van der Waals surface area contributed by atoms with Gasteiger partial charge >= 0.3 is 5.97 Å². The molecular formula is C13H18BrNO4. The van der Waals surface area contributed by atoms with E-state index in [1.807, 2.05) is 30.1 Å². The Morgan fingerprint density at radius 3 is 2.74 bits per heavy atom. The SMILES string of the molecule is COC(=O)CC(O)CN(C)c1cc(Br)ccc1OC. The summed E-state index contributed by atoms with van der Waals surface area (Å²) in [6, 6.07) is 5.60. The number of likely N-dealkylation sites (N-methyl/N-ethyl adjacent to an activating group) is 1. The predicted octanol–water partition coefficient (Wildman–Crippen LogP) is 1.82. The molecule has 1 unspecified atom stereocenters. The van der Waals surface area contributed by atoms with E-state index < -0.39 is 12.1 Å². The molecule has 0 aliphatic heterocycles. The highest BCUT2D eigenvalue weighted by Gasteiger charge is 2.16. The molecule has 0 amide bonds. The summed E-state index contributed by atoms with van der Waals surface area (Å²) in [5.41, 5.74) is 0.834. The van der Waals surface area contributed by atoms with Crippen LogP contribution in [0.2, 0.25) is 0 Å². The van der Waals surface area contributed by atoms with Gasteiger partial charge in [-0.3, -0.25) is 4.79 Å². The van der Waals surface area contributed by atoms with Crippen molar-refractivity contribution >= 4 is 27.6 Å². The van der Waals surface area contributed by atoms with Gasteiger partial charge in [0.05, 0.1) is 32.4 Å². The van der Waals surface area contributed by atoms with E-state index in [1.165, 1.54) is 7.11 Å². The third kappa shape index (κ3) is 4.72. The van der Waals surface area contributed by atoms with Crippen LogP contribution in [-0.4, -0.2) is 45.0 Å². The lowest BCUT2D eigenvalue weighted by atomic mass is 10.2. The number of anilines is 1. The van der Waals surface area contributed by atoms with E-state index in [0.717, 1.165) is 10.2 Å².